The lowest BCUT2D eigenvalue weighted by atomic mass is 9.82. The smallest absolute Gasteiger partial charge is 0.192 e. The fourth-order valence-corrected chi connectivity index (χ4v) is 6.42. The van der Waals surface area contributed by atoms with Gasteiger partial charge >= 0.3 is 12.4 Å². The third-order valence-corrected chi connectivity index (χ3v) is 8.38. The molecule has 4 aromatic rings. The van der Waals surface area contributed by atoms with Crippen molar-refractivity contribution in [3.63, 3.8) is 0 Å². The lowest BCUT2D eigenvalue weighted by molar-refractivity contribution is -0.138. The van der Waals surface area contributed by atoms with Gasteiger partial charge in [-0.25, -0.2) is 0 Å². The van der Waals surface area contributed by atoms with Gasteiger partial charge in [0.2, 0.25) is 0 Å². The molecule has 0 amide bonds. The number of rotatable bonds is 2. The molecule has 0 aliphatic heterocycles. The van der Waals surface area contributed by atoms with Crippen molar-refractivity contribution in [3.05, 3.63) is 128 Å². The van der Waals surface area contributed by atoms with Crippen LogP contribution in [-0.4, -0.2) is 0 Å². The number of alkyl halides is 6. The zero-order valence-corrected chi connectivity index (χ0v) is 24.9. The van der Waals surface area contributed by atoms with Gasteiger partial charge in [-0.2, -0.15) is 57.9 Å². The van der Waals surface area contributed by atoms with Crippen LogP contribution < -0.4 is 0 Å². The molecule has 6 nitrogen and oxygen atoms in total. The molecular formula is C38H12F6N6. The van der Waals surface area contributed by atoms with Crippen molar-refractivity contribution in [1.29, 1.82) is 31.6 Å². The molecule has 50 heavy (non-hydrogen) atoms. The quantitative estimate of drug-likeness (QED) is 0.154. The predicted octanol–water partition coefficient (Wildman–Crippen LogP) is 9.34. The molecule has 0 saturated heterocycles. The minimum atomic E-state index is -4.75. The lowest BCUT2D eigenvalue weighted by Gasteiger charge is -2.19. The third-order valence-electron chi connectivity index (χ3n) is 8.38. The van der Waals surface area contributed by atoms with E-state index in [1.165, 1.54) is 24.3 Å². The summed E-state index contributed by atoms with van der Waals surface area (Å²) in [5.74, 6) is 0. The van der Waals surface area contributed by atoms with E-state index in [4.69, 9.17) is 0 Å². The summed E-state index contributed by atoms with van der Waals surface area (Å²) in [7, 11) is 0. The second kappa shape index (κ2) is 11.7. The number of fused-ring (bicyclic) bond motifs is 4. The molecule has 0 heterocycles. The fourth-order valence-electron chi connectivity index (χ4n) is 6.42. The third kappa shape index (κ3) is 4.85. The highest BCUT2D eigenvalue weighted by Gasteiger charge is 2.43. The topological polar surface area (TPSA) is 143 Å². The first-order valence-corrected chi connectivity index (χ1v) is 14.2. The van der Waals surface area contributed by atoms with E-state index in [1.807, 2.05) is 24.3 Å². The first kappa shape index (κ1) is 32.6. The molecule has 2 aliphatic rings. The van der Waals surface area contributed by atoms with Gasteiger partial charge in [0.25, 0.3) is 0 Å². The molecule has 2 aliphatic carbocycles. The van der Waals surface area contributed by atoms with Crippen molar-refractivity contribution in [3.8, 4) is 58.7 Å². The summed E-state index contributed by atoms with van der Waals surface area (Å²) in [5.41, 5.74) is -1.92. The van der Waals surface area contributed by atoms with Gasteiger partial charge in [-0.05, 0) is 46.5 Å². The van der Waals surface area contributed by atoms with E-state index in [2.05, 4.69) is 0 Å². The fraction of sp³-hybridized carbons (Fsp3) is 0.0526. The molecule has 0 N–H and O–H groups in total. The monoisotopic (exact) mass is 666 g/mol. The number of allylic oxidation sites excluding steroid dienone is 6. The number of hydrogen-bond acceptors (Lipinski definition) is 6. The van der Waals surface area contributed by atoms with E-state index in [1.54, 1.807) is 24.3 Å². The Bertz CT molecular complexity index is 2370. The van der Waals surface area contributed by atoms with Crippen LogP contribution in [0.4, 0.5) is 26.3 Å². The van der Waals surface area contributed by atoms with E-state index < -0.39 is 34.6 Å². The first-order chi connectivity index (χ1) is 23.8. The highest BCUT2D eigenvalue weighted by atomic mass is 19.4. The van der Waals surface area contributed by atoms with Gasteiger partial charge in [-0.3, -0.25) is 0 Å². The summed E-state index contributed by atoms with van der Waals surface area (Å²) in [6.45, 7) is 0. The summed E-state index contributed by atoms with van der Waals surface area (Å²) in [5, 5.41) is 60.4. The molecule has 0 spiro atoms. The van der Waals surface area contributed by atoms with E-state index in [0.717, 1.165) is 24.3 Å². The standard InChI is InChI=1S/C38H12F6N6/c39-37(40,41)23-7-9-25(19(11-23)13-45)27-3-1-5-29-33(27)31(21(15-47)16-48)36-30-6-2-4-28(34(30)32(35(29)36)22(17-49)18-50)26-10-8-24(38(42,43)44)12-20(26)14-46/h1-12H. The van der Waals surface area contributed by atoms with Crippen LogP contribution in [0, 0.1) is 68.0 Å². The van der Waals surface area contributed by atoms with E-state index >= 15 is 0 Å². The Morgan fingerprint density at radius 3 is 1.08 bits per heavy atom. The van der Waals surface area contributed by atoms with Crippen LogP contribution in [0.3, 0.4) is 0 Å². The maximum absolute atomic E-state index is 13.6. The Hall–Kier alpha value is -7.38. The predicted molar refractivity (Wildman–Crippen MR) is 166 cm³/mol. The summed E-state index contributed by atoms with van der Waals surface area (Å²) in [4.78, 5) is 0. The summed E-state index contributed by atoms with van der Waals surface area (Å²) in [6.07, 6.45) is -9.51. The van der Waals surface area contributed by atoms with Crippen molar-refractivity contribution < 1.29 is 26.3 Å². The van der Waals surface area contributed by atoms with Crippen molar-refractivity contribution >= 4 is 22.3 Å². The average Bonchev–Trinajstić information content (AvgIpc) is 3.61. The number of nitrogens with zero attached hydrogens (tertiary/aromatic N) is 6. The minimum Gasteiger partial charge on any atom is -0.192 e. The Labute approximate surface area is 279 Å². The van der Waals surface area contributed by atoms with Gasteiger partial charge in [0.15, 0.2) is 0 Å². The first-order valence-electron chi connectivity index (χ1n) is 14.2. The molecule has 0 aromatic heterocycles. The Morgan fingerprint density at radius 1 is 0.440 bits per heavy atom. The number of hydrogen-bond donors (Lipinski definition) is 0. The molecule has 6 rings (SSSR count). The molecule has 0 atom stereocenters. The van der Waals surface area contributed by atoms with E-state index in [-0.39, 0.29) is 77.9 Å². The van der Waals surface area contributed by atoms with Crippen molar-refractivity contribution in [2.45, 2.75) is 12.4 Å². The molecule has 0 unspecified atom stereocenters. The van der Waals surface area contributed by atoms with Gasteiger partial charge in [0.1, 0.15) is 35.4 Å². The lowest BCUT2D eigenvalue weighted by Crippen LogP contribution is -2.06. The van der Waals surface area contributed by atoms with Crippen LogP contribution in [0.1, 0.15) is 44.5 Å². The molecule has 0 bridgehead atoms. The molecule has 0 fully saturated rings. The van der Waals surface area contributed by atoms with Crippen molar-refractivity contribution in [2.75, 3.05) is 0 Å². The van der Waals surface area contributed by atoms with E-state index in [9.17, 15) is 57.9 Å². The van der Waals surface area contributed by atoms with Crippen molar-refractivity contribution in [2.24, 2.45) is 0 Å². The van der Waals surface area contributed by atoms with Crippen LogP contribution in [-0.2, 0) is 12.4 Å². The largest absolute Gasteiger partial charge is 0.416 e. The Balaban J connectivity index is 1.72. The van der Waals surface area contributed by atoms with Gasteiger partial charge in [-0.1, -0.05) is 48.5 Å². The van der Waals surface area contributed by atoms with Crippen LogP contribution in [0.25, 0.3) is 44.5 Å². The van der Waals surface area contributed by atoms with Gasteiger partial charge in [-0.15, -0.1) is 0 Å². The highest BCUT2D eigenvalue weighted by molar-refractivity contribution is 6.39. The summed E-state index contributed by atoms with van der Waals surface area (Å²) in [6, 6.07) is 25.2. The van der Waals surface area contributed by atoms with E-state index in [0.29, 0.717) is 12.1 Å². The van der Waals surface area contributed by atoms with Crippen LogP contribution in [0.15, 0.2) is 83.9 Å². The van der Waals surface area contributed by atoms with Crippen molar-refractivity contribution in [1.82, 2.24) is 0 Å². The Kier molecular flexibility index (Phi) is 7.62. The second-order valence-electron chi connectivity index (χ2n) is 10.9. The molecule has 0 saturated carbocycles. The van der Waals surface area contributed by atoms with Gasteiger partial charge < -0.3 is 0 Å². The number of nitriles is 6. The summed E-state index contributed by atoms with van der Waals surface area (Å²) < 4.78 is 81.3. The molecule has 0 radical (unpaired) electrons. The minimum absolute atomic E-state index is 0.0101. The zero-order valence-electron chi connectivity index (χ0n) is 24.9. The van der Waals surface area contributed by atoms with Crippen LogP contribution in [0.5, 0.6) is 0 Å². The maximum Gasteiger partial charge on any atom is 0.416 e. The normalized spacial score (nSPS) is 12.7. The maximum atomic E-state index is 13.6. The number of benzene rings is 4. The molecule has 236 valence electrons. The van der Waals surface area contributed by atoms with Gasteiger partial charge in [0, 0.05) is 44.5 Å². The van der Waals surface area contributed by atoms with Gasteiger partial charge in [0.05, 0.1) is 34.4 Å². The SMILES string of the molecule is N#CC(C#N)=C1C2=C(C(=C(C#N)C#N)c3c2cccc3-c2ccc(C(F)(F)F)cc2C#N)c2cccc(-c3ccc(C(F)(F)F)cc3C#N)c21. The number of halogens is 6. The highest BCUT2D eigenvalue weighted by Crippen LogP contribution is 2.62. The average molecular weight is 667 g/mol. The van der Waals surface area contributed by atoms with Crippen LogP contribution >= 0.6 is 0 Å². The summed E-state index contributed by atoms with van der Waals surface area (Å²) >= 11 is 0. The second-order valence-corrected chi connectivity index (χ2v) is 10.9. The molecule has 12 heteroatoms. The Morgan fingerprint density at radius 2 is 0.780 bits per heavy atom. The molecular weight excluding hydrogens is 654 g/mol. The van der Waals surface area contributed by atoms with Crippen LogP contribution in [0.2, 0.25) is 0 Å². The zero-order chi connectivity index (χ0) is 36.1. The molecule has 4 aromatic carbocycles.